The lowest BCUT2D eigenvalue weighted by molar-refractivity contribution is 0.0942. The van der Waals surface area contributed by atoms with Crippen molar-refractivity contribution in [3.8, 4) is 5.75 Å². The molecule has 2 rings (SSSR count). The van der Waals surface area contributed by atoms with E-state index in [0.717, 1.165) is 12.8 Å². The van der Waals surface area contributed by atoms with E-state index >= 15 is 0 Å². The second-order valence-electron chi connectivity index (χ2n) is 3.53. The summed E-state index contributed by atoms with van der Waals surface area (Å²) >= 11 is 0. The number of phenolic OH excluding ortho intramolecular Hbond substituents is 1. The Hall–Kier alpha value is -1.65. The maximum absolute atomic E-state index is 13.2. The Morgan fingerprint density at radius 3 is 2.33 bits per heavy atom. The molecule has 1 amide bonds. The van der Waals surface area contributed by atoms with Crippen LogP contribution >= 0.6 is 0 Å². The van der Waals surface area contributed by atoms with Gasteiger partial charge in [-0.1, -0.05) is 0 Å². The van der Waals surface area contributed by atoms with Crippen LogP contribution in [0.4, 0.5) is 8.78 Å². The highest BCUT2D eigenvalue weighted by Gasteiger charge is 2.27. The first-order valence-electron chi connectivity index (χ1n) is 4.57. The molecule has 1 aliphatic rings. The Morgan fingerprint density at radius 2 is 1.87 bits per heavy atom. The molecule has 0 atom stereocenters. The first-order chi connectivity index (χ1) is 7.08. The Labute approximate surface area is 84.7 Å². The van der Waals surface area contributed by atoms with Gasteiger partial charge >= 0.3 is 0 Å². The molecular weight excluding hydrogens is 204 g/mol. The minimum absolute atomic E-state index is 0.0325. The third-order valence-corrected chi connectivity index (χ3v) is 2.17. The van der Waals surface area contributed by atoms with Crippen LogP contribution in [0.25, 0.3) is 0 Å². The molecule has 0 bridgehead atoms. The van der Waals surface area contributed by atoms with Crippen LogP contribution in [0.5, 0.6) is 5.75 Å². The summed E-state index contributed by atoms with van der Waals surface area (Å²) in [4.78, 5) is 11.4. The van der Waals surface area contributed by atoms with Crippen molar-refractivity contribution in [1.82, 2.24) is 5.32 Å². The van der Waals surface area contributed by atoms with Crippen LogP contribution in [0.1, 0.15) is 23.2 Å². The number of hydrogen-bond donors (Lipinski definition) is 2. The highest BCUT2D eigenvalue weighted by atomic mass is 19.1. The topological polar surface area (TPSA) is 49.3 Å². The van der Waals surface area contributed by atoms with Gasteiger partial charge in [-0.2, -0.15) is 0 Å². The molecule has 1 aromatic rings. The van der Waals surface area contributed by atoms with Gasteiger partial charge in [0.15, 0.2) is 0 Å². The summed E-state index contributed by atoms with van der Waals surface area (Å²) in [7, 11) is 0. The summed E-state index contributed by atoms with van der Waals surface area (Å²) in [6.45, 7) is 0. The summed E-state index contributed by atoms with van der Waals surface area (Å²) in [5, 5.41) is 11.4. The average molecular weight is 213 g/mol. The Balaban J connectivity index is 2.29. The minimum Gasteiger partial charge on any atom is -0.508 e. The van der Waals surface area contributed by atoms with Crippen LogP contribution in [-0.4, -0.2) is 17.1 Å². The van der Waals surface area contributed by atoms with Crippen molar-refractivity contribution in [2.45, 2.75) is 18.9 Å². The van der Waals surface area contributed by atoms with Crippen LogP contribution in [0.15, 0.2) is 12.1 Å². The molecule has 5 heteroatoms. The predicted octanol–water partition coefficient (Wildman–Crippen LogP) is 1.56. The summed E-state index contributed by atoms with van der Waals surface area (Å²) in [6.07, 6.45) is 1.68. The smallest absolute Gasteiger partial charge is 0.257 e. The molecule has 0 heterocycles. The number of carbonyl (C=O) groups excluding carboxylic acids is 1. The van der Waals surface area contributed by atoms with Crippen molar-refractivity contribution in [1.29, 1.82) is 0 Å². The fourth-order valence-electron chi connectivity index (χ4n) is 1.26. The molecule has 0 saturated heterocycles. The van der Waals surface area contributed by atoms with Gasteiger partial charge in [-0.05, 0) is 12.8 Å². The van der Waals surface area contributed by atoms with E-state index in [1.54, 1.807) is 0 Å². The maximum atomic E-state index is 13.2. The largest absolute Gasteiger partial charge is 0.508 e. The summed E-state index contributed by atoms with van der Waals surface area (Å²) in [5.41, 5.74) is -0.639. The van der Waals surface area contributed by atoms with Crippen molar-refractivity contribution in [3.05, 3.63) is 29.3 Å². The Bertz CT molecular complexity index is 393. The first kappa shape index (κ1) is 9.89. The quantitative estimate of drug-likeness (QED) is 0.783. The Kier molecular flexibility index (Phi) is 2.30. The van der Waals surface area contributed by atoms with E-state index in [1.165, 1.54) is 0 Å². The van der Waals surface area contributed by atoms with Crippen LogP contribution in [0.2, 0.25) is 0 Å². The normalized spacial score (nSPS) is 15.1. The van der Waals surface area contributed by atoms with E-state index < -0.39 is 28.9 Å². The number of benzene rings is 1. The van der Waals surface area contributed by atoms with Gasteiger partial charge in [-0.3, -0.25) is 4.79 Å². The molecule has 2 N–H and O–H groups in total. The molecule has 0 radical (unpaired) electrons. The van der Waals surface area contributed by atoms with Crippen molar-refractivity contribution in [2.24, 2.45) is 0 Å². The molecule has 0 aromatic heterocycles. The lowest BCUT2D eigenvalue weighted by Gasteiger charge is -2.06. The van der Waals surface area contributed by atoms with E-state index in [4.69, 9.17) is 5.11 Å². The number of phenols is 1. The predicted molar refractivity (Wildman–Crippen MR) is 48.5 cm³/mol. The van der Waals surface area contributed by atoms with Gasteiger partial charge in [0.25, 0.3) is 5.91 Å². The van der Waals surface area contributed by atoms with Crippen molar-refractivity contribution in [2.75, 3.05) is 0 Å². The van der Waals surface area contributed by atoms with Crippen LogP contribution in [-0.2, 0) is 0 Å². The lowest BCUT2D eigenvalue weighted by atomic mass is 10.1. The Morgan fingerprint density at radius 1 is 1.33 bits per heavy atom. The number of amides is 1. The van der Waals surface area contributed by atoms with Crippen LogP contribution in [0, 0.1) is 11.6 Å². The van der Waals surface area contributed by atoms with Crippen molar-refractivity contribution in [3.63, 3.8) is 0 Å². The first-order valence-corrected chi connectivity index (χ1v) is 4.57. The molecule has 0 aliphatic heterocycles. The van der Waals surface area contributed by atoms with Gasteiger partial charge in [0.1, 0.15) is 22.9 Å². The SMILES string of the molecule is O=C(NC1CC1)c1c(F)cc(O)cc1F. The molecule has 1 saturated carbocycles. The van der Waals surface area contributed by atoms with E-state index in [1.807, 2.05) is 0 Å². The zero-order chi connectivity index (χ0) is 11.0. The minimum atomic E-state index is -1.05. The van der Waals surface area contributed by atoms with E-state index in [2.05, 4.69) is 5.32 Å². The summed E-state index contributed by atoms with van der Waals surface area (Å²) in [6, 6.07) is 1.46. The van der Waals surface area contributed by atoms with E-state index in [9.17, 15) is 13.6 Å². The molecule has 3 nitrogen and oxygen atoms in total. The standard InChI is InChI=1S/C10H9F2NO2/c11-7-3-6(14)4-8(12)9(7)10(15)13-5-1-2-5/h3-5,14H,1-2H2,(H,13,15). The number of nitrogens with one attached hydrogen (secondary N) is 1. The molecular formula is C10H9F2NO2. The lowest BCUT2D eigenvalue weighted by Crippen LogP contribution is -2.27. The highest BCUT2D eigenvalue weighted by Crippen LogP contribution is 2.22. The zero-order valence-electron chi connectivity index (χ0n) is 7.76. The van der Waals surface area contributed by atoms with Gasteiger partial charge in [0.05, 0.1) is 0 Å². The third kappa shape index (κ3) is 2.06. The van der Waals surface area contributed by atoms with Crippen molar-refractivity contribution < 1.29 is 18.7 Å². The van der Waals surface area contributed by atoms with Crippen LogP contribution in [0.3, 0.4) is 0 Å². The zero-order valence-corrected chi connectivity index (χ0v) is 7.76. The number of aromatic hydroxyl groups is 1. The van der Waals surface area contributed by atoms with Gasteiger partial charge in [-0.25, -0.2) is 8.78 Å². The molecule has 15 heavy (non-hydrogen) atoms. The maximum Gasteiger partial charge on any atom is 0.257 e. The van der Waals surface area contributed by atoms with Gasteiger partial charge in [0, 0.05) is 18.2 Å². The second-order valence-corrected chi connectivity index (χ2v) is 3.53. The van der Waals surface area contributed by atoms with Gasteiger partial charge < -0.3 is 10.4 Å². The number of hydrogen-bond acceptors (Lipinski definition) is 2. The number of halogens is 2. The number of rotatable bonds is 2. The second kappa shape index (κ2) is 3.49. The average Bonchev–Trinajstić information content (AvgIpc) is 2.85. The fraction of sp³-hybridized carbons (Fsp3) is 0.300. The van der Waals surface area contributed by atoms with E-state index in [-0.39, 0.29) is 6.04 Å². The molecule has 0 unspecified atom stereocenters. The molecule has 80 valence electrons. The van der Waals surface area contributed by atoms with Gasteiger partial charge in [-0.15, -0.1) is 0 Å². The molecule has 1 aliphatic carbocycles. The summed E-state index contributed by atoms with van der Waals surface area (Å²) < 4.78 is 26.3. The monoisotopic (exact) mass is 213 g/mol. The van der Waals surface area contributed by atoms with Crippen molar-refractivity contribution >= 4 is 5.91 Å². The van der Waals surface area contributed by atoms with E-state index in [0.29, 0.717) is 12.1 Å². The molecule has 1 aromatic carbocycles. The van der Waals surface area contributed by atoms with Crippen LogP contribution < -0.4 is 5.32 Å². The third-order valence-electron chi connectivity index (χ3n) is 2.17. The highest BCUT2D eigenvalue weighted by molar-refractivity contribution is 5.95. The van der Waals surface area contributed by atoms with Gasteiger partial charge in [0.2, 0.25) is 0 Å². The summed E-state index contributed by atoms with van der Waals surface area (Å²) in [5.74, 6) is -3.41. The molecule has 1 fully saturated rings. The fourth-order valence-corrected chi connectivity index (χ4v) is 1.26. The number of carbonyl (C=O) groups is 1. The molecule has 0 spiro atoms.